The standard InChI is InChI=1S/C4H5O4PS.Al.3H/c5-9(6,7)8-4-2-1-3-10-4;;;;/h1-3H,(H2,5,6,7);;;;. The lowest BCUT2D eigenvalue weighted by atomic mass is 10.7. The van der Waals surface area contributed by atoms with Gasteiger partial charge in [0, 0.05) is 0 Å². The maximum absolute atomic E-state index is 10.2. The summed E-state index contributed by atoms with van der Waals surface area (Å²) >= 11 is 1.14. The van der Waals surface area contributed by atoms with Crippen LogP contribution in [0.3, 0.4) is 0 Å². The molecule has 0 aliphatic heterocycles. The van der Waals surface area contributed by atoms with Gasteiger partial charge in [-0.1, -0.05) is 0 Å². The molecular formula is C4H8AlO4PS. The SMILES string of the molecule is O=P(O)(O)Oc1cccs1.[AlH3]. The summed E-state index contributed by atoms with van der Waals surface area (Å²) in [5.74, 6) is 0. The lowest BCUT2D eigenvalue weighted by Crippen LogP contribution is -1.86. The third-order valence-electron chi connectivity index (χ3n) is 0.704. The predicted octanol–water partition coefficient (Wildman–Crippen LogP) is 0.0357. The highest BCUT2D eigenvalue weighted by Gasteiger charge is 2.15. The molecule has 11 heavy (non-hydrogen) atoms. The van der Waals surface area contributed by atoms with Gasteiger partial charge in [0.25, 0.3) is 0 Å². The number of phosphoric ester groups is 1. The normalized spacial score (nSPS) is 10.4. The minimum absolute atomic E-state index is 0. The van der Waals surface area contributed by atoms with Gasteiger partial charge in [-0.05, 0) is 17.5 Å². The van der Waals surface area contributed by atoms with Crippen molar-refractivity contribution in [1.29, 1.82) is 0 Å². The van der Waals surface area contributed by atoms with E-state index in [-0.39, 0.29) is 22.4 Å². The Bertz CT molecular complexity index is 243. The number of phosphoric acid groups is 1. The summed E-state index contributed by atoms with van der Waals surface area (Å²) in [6.45, 7) is 0. The van der Waals surface area contributed by atoms with Crippen LogP contribution < -0.4 is 4.52 Å². The van der Waals surface area contributed by atoms with Crippen LogP contribution in [-0.4, -0.2) is 27.1 Å². The minimum atomic E-state index is -4.34. The second-order valence-corrected chi connectivity index (χ2v) is 3.59. The van der Waals surface area contributed by atoms with E-state index < -0.39 is 7.82 Å². The molecule has 1 aromatic rings. The van der Waals surface area contributed by atoms with Crippen molar-refractivity contribution in [3.05, 3.63) is 17.5 Å². The second kappa shape index (κ2) is 4.27. The van der Waals surface area contributed by atoms with Gasteiger partial charge in [-0.15, -0.1) is 11.3 Å². The fourth-order valence-corrected chi connectivity index (χ4v) is 1.64. The van der Waals surface area contributed by atoms with Gasteiger partial charge in [0.15, 0.2) is 22.4 Å². The Hall–Kier alpha value is 0.182. The molecule has 1 aromatic heterocycles. The first-order chi connectivity index (χ1) is 4.58. The lowest BCUT2D eigenvalue weighted by Gasteiger charge is -2.01. The highest BCUT2D eigenvalue weighted by atomic mass is 32.1. The van der Waals surface area contributed by atoms with Gasteiger partial charge >= 0.3 is 7.82 Å². The fourth-order valence-electron chi connectivity index (χ4n) is 0.433. The molecule has 0 radical (unpaired) electrons. The van der Waals surface area contributed by atoms with Crippen molar-refractivity contribution in [2.24, 2.45) is 0 Å². The van der Waals surface area contributed by atoms with Gasteiger partial charge in [-0.2, -0.15) is 0 Å². The van der Waals surface area contributed by atoms with Crippen LogP contribution in [0.1, 0.15) is 0 Å². The average Bonchev–Trinajstić information content (AvgIpc) is 2.12. The molecule has 0 aliphatic rings. The molecular weight excluding hydrogens is 202 g/mol. The van der Waals surface area contributed by atoms with Crippen molar-refractivity contribution < 1.29 is 18.9 Å². The number of rotatable bonds is 2. The Kier molecular flexibility index (Phi) is 4.34. The van der Waals surface area contributed by atoms with Crippen LogP contribution >= 0.6 is 19.2 Å². The summed E-state index contributed by atoms with van der Waals surface area (Å²) in [7, 11) is -4.34. The third-order valence-corrected chi connectivity index (χ3v) is 2.01. The van der Waals surface area contributed by atoms with Gasteiger partial charge in [-0.3, -0.25) is 9.79 Å². The quantitative estimate of drug-likeness (QED) is 0.534. The zero-order valence-electron chi connectivity index (χ0n) is 4.80. The molecule has 62 valence electrons. The molecule has 1 rings (SSSR count). The number of hydrogen-bond acceptors (Lipinski definition) is 3. The minimum Gasteiger partial charge on any atom is -0.394 e. The average molecular weight is 210 g/mol. The van der Waals surface area contributed by atoms with E-state index in [1.54, 1.807) is 11.4 Å². The highest BCUT2D eigenvalue weighted by molar-refractivity contribution is 7.47. The van der Waals surface area contributed by atoms with Crippen molar-refractivity contribution >= 4 is 36.5 Å². The lowest BCUT2D eigenvalue weighted by molar-refractivity contribution is 0.286. The Balaban J connectivity index is 0.000001000. The first kappa shape index (κ1) is 11.2. The van der Waals surface area contributed by atoms with Crippen molar-refractivity contribution in [2.75, 3.05) is 0 Å². The zero-order valence-corrected chi connectivity index (χ0v) is 6.51. The molecule has 2 N–H and O–H groups in total. The molecule has 0 aromatic carbocycles. The molecule has 0 bridgehead atoms. The Morgan fingerprint density at radius 3 is 2.55 bits per heavy atom. The summed E-state index contributed by atoms with van der Waals surface area (Å²) in [5, 5.41) is 1.90. The van der Waals surface area contributed by atoms with Gasteiger partial charge in [0.2, 0.25) is 0 Å². The molecule has 0 fully saturated rings. The summed E-state index contributed by atoms with van der Waals surface area (Å²) in [6.07, 6.45) is 0. The number of thiophene rings is 1. The van der Waals surface area contributed by atoms with Crippen molar-refractivity contribution in [3.63, 3.8) is 0 Å². The Morgan fingerprint density at radius 2 is 2.18 bits per heavy atom. The van der Waals surface area contributed by atoms with E-state index >= 15 is 0 Å². The first-order valence-corrected chi connectivity index (χ1v) is 4.77. The van der Waals surface area contributed by atoms with E-state index in [4.69, 9.17) is 9.79 Å². The molecule has 1 heterocycles. The summed E-state index contributed by atoms with van der Waals surface area (Å²) < 4.78 is 14.4. The van der Waals surface area contributed by atoms with E-state index in [1.165, 1.54) is 6.07 Å². The zero-order chi connectivity index (χ0) is 7.61. The van der Waals surface area contributed by atoms with E-state index in [1.807, 2.05) is 0 Å². The van der Waals surface area contributed by atoms with E-state index in [9.17, 15) is 4.57 Å². The maximum Gasteiger partial charge on any atom is 0.525 e. The van der Waals surface area contributed by atoms with Crippen molar-refractivity contribution in [3.8, 4) is 5.06 Å². The van der Waals surface area contributed by atoms with Crippen LogP contribution in [0.25, 0.3) is 0 Å². The molecule has 0 atom stereocenters. The van der Waals surface area contributed by atoms with E-state index in [0.29, 0.717) is 0 Å². The Morgan fingerprint density at radius 1 is 1.55 bits per heavy atom. The van der Waals surface area contributed by atoms with Crippen LogP contribution in [0.4, 0.5) is 0 Å². The van der Waals surface area contributed by atoms with Gasteiger partial charge in [0.05, 0.1) is 0 Å². The molecule has 0 aliphatic carbocycles. The van der Waals surface area contributed by atoms with Crippen molar-refractivity contribution in [1.82, 2.24) is 0 Å². The molecule has 4 nitrogen and oxygen atoms in total. The van der Waals surface area contributed by atoms with Gasteiger partial charge in [0.1, 0.15) is 0 Å². The van der Waals surface area contributed by atoms with Crippen LogP contribution in [0.5, 0.6) is 5.06 Å². The van der Waals surface area contributed by atoms with Crippen LogP contribution in [0, 0.1) is 0 Å². The molecule has 0 saturated heterocycles. The van der Waals surface area contributed by atoms with Crippen LogP contribution in [0.2, 0.25) is 0 Å². The molecule has 0 spiro atoms. The van der Waals surface area contributed by atoms with Gasteiger partial charge < -0.3 is 4.52 Å². The van der Waals surface area contributed by atoms with Crippen molar-refractivity contribution in [2.45, 2.75) is 0 Å². The maximum atomic E-state index is 10.2. The molecule has 0 unspecified atom stereocenters. The topological polar surface area (TPSA) is 66.8 Å². The van der Waals surface area contributed by atoms with Crippen LogP contribution in [0.15, 0.2) is 17.5 Å². The summed E-state index contributed by atoms with van der Waals surface area (Å²) in [4.78, 5) is 16.6. The fraction of sp³-hybridized carbons (Fsp3) is 0. The molecule has 0 amide bonds. The summed E-state index contributed by atoms with van der Waals surface area (Å²) in [5.41, 5.74) is 0. The monoisotopic (exact) mass is 210 g/mol. The number of hydrogen-bond donors (Lipinski definition) is 2. The highest BCUT2D eigenvalue weighted by Crippen LogP contribution is 2.39. The van der Waals surface area contributed by atoms with E-state index in [2.05, 4.69) is 4.52 Å². The van der Waals surface area contributed by atoms with Gasteiger partial charge in [-0.25, -0.2) is 4.57 Å². The first-order valence-electron chi connectivity index (χ1n) is 2.36. The van der Waals surface area contributed by atoms with E-state index in [0.717, 1.165) is 11.3 Å². The third kappa shape index (κ3) is 4.59. The second-order valence-electron chi connectivity index (χ2n) is 1.51. The largest absolute Gasteiger partial charge is 0.525 e. The predicted molar refractivity (Wildman–Crippen MR) is 46.9 cm³/mol. The summed E-state index contributed by atoms with van der Waals surface area (Å²) in [6, 6.07) is 3.14. The van der Waals surface area contributed by atoms with Crippen LogP contribution in [-0.2, 0) is 4.57 Å². The Labute approximate surface area is 78.2 Å². The smallest absolute Gasteiger partial charge is 0.394 e. The molecule has 7 heteroatoms. The molecule has 0 saturated carbocycles.